The molecule has 0 amide bonds. The smallest absolute Gasteiger partial charge is 0.173 e. The lowest BCUT2D eigenvalue weighted by molar-refractivity contribution is 0.0991. The minimum Gasteiger partial charge on any atom is -0.294 e. The molecule has 78 valence electrons. The molecule has 0 bridgehead atoms. The van der Waals surface area contributed by atoms with Gasteiger partial charge in [-0.3, -0.25) is 9.48 Å². The second kappa shape index (κ2) is 4.35. The molecule has 0 saturated carbocycles. The van der Waals surface area contributed by atoms with Gasteiger partial charge in [-0.15, -0.1) is 0 Å². The van der Waals surface area contributed by atoms with Crippen molar-refractivity contribution in [3.8, 4) is 0 Å². The van der Waals surface area contributed by atoms with Gasteiger partial charge in [-0.2, -0.15) is 13.8 Å². The van der Waals surface area contributed by atoms with Crippen molar-refractivity contribution in [1.29, 1.82) is 0 Å². The highest BCUT2D eigenvalue weighted by molar-refractivity contribution is 14.1. The molecule has 0 saturated heterocycles. The van der Waals surface area contributed by atoms with Gasteiger partial charge in [0.15, 0.2) is 5.78 Å². The number of halogens is 1. The molecule has 5 nitrogen and oxygen atoms in total. The summed E-state index contributed by atoms with van der Waals surface area (Å²) in [7, 11) is 1.81. The Bertz CT molecular complexity index is 479. The van der Waals surface area contributed by atoms with Crippen molar-refractivity contribution >= 4 is 40.1 Å². The number of Topliss-reactive ketones (excluding diaryl/α,β-unsaturated/α-hetero) is 1. The van der Waals surface area contributed by atoms with Crippen LogP contribution in [0.15, 0.2) is 12.4 Å². The number of rotatable bonds is 3. The fraction of sp³-hybridized carbons (Fsp3) is 0.250. The summed E-state index contributed by atoms with van der Waals surface area (Å²) < 4.78 is 10.4. The maximum atomic E-state index is 11.8. The van der Waals surface area contributed by atoms with E-state index in [0.717, 1.165) is 15.4 Å². The zero-order valence-electron chi connectivity index (χ0n) is 7.85. The minimum absolute atomic E-state index is 0.0280. The van der Waals surface area contributed by atoms with Crippen LogP contribution in [-0.2, 0) is 13.5 Å². The average Bonchev–Trinajstić information content (AvgIpc) is 2.79. The third-order valence-electron chi connectivity index (χ3n) is 1.92. The fourth-order valence-electron chi connectivity index (χ4n) is 1.13. The molecule has 0 N–H and O–H groups in total. The Kier molecular flexibility index (Phi) is 3.10. The molecule has 0 spiro atoms. The highest BCUT2D eigenvalue weighted by atomic mass is 127. The van der Waals surface area contributed by atoms with Gasteiger partial charge in [0.2, 0.25) is 0 Å². The zero-order valence-corrected chi connectivity index (χ0v) is 10.8. The molecule has 0 aliphatic carbocycles. The van der Waals surface area contributed by atoms with Gasteiger partial charge in [-0.25, -0.2) is 0 Å². The Hall–Kier alpha value is -0.830. The van der Waals surface area contributed by atoms with E-state index in [1.165, 1.54) is 0 Å². The Morgan fingerprint density at radius 2 is 2.40 bits per heavy atom. The summed E-state index contributed by atoms with van der Waals surface area (Å²) in [4.78, 5) is 11.8. The summed E-state index contributed by atoms with van der Waals surface area (Å²) in [5.74, 6) is 0.0280. The number of aryl methyl sites for hydroxylation is 1. The molecule has 15 heavy (non-hydrogen) atoms. The van der Waals surface area contributed by atoms with Gasteiger partial charge in [0, 0.05) is 7.05 Å². The van der Waals surface area contributed by atoms with Gasteiger partial charge < -0.3 is 0 Å². The molecule has 0 radical (unpaired) electrons. The third-order valence-corrected chi connectivity index (χ3v) is 3.71. The minimum atomic E-state index is 0.0280. The quantitative estimate of drug-likeness (QED) is 0.627. The number of carbonyl (C=O) groups excluding carboxylic acids is 1. The van der Waals surface area contributed by atoms with Crippen LogP contribution >= 0.6 is 34.3 Å². The Balaban J connectivity index is 2.19. The van der Waals surface area contributed by atoms with Crippen molar-refractivity contribution in [2.24, 2.45) is 7.05 Å². The molecule has 0 aliphatic rings. The summed E-state index contributed by atoms with van der Waals surface area (Å²) in [5.41, 5.74) is 1.36. The Morgan fingerprint density at radius 1 is 1.60 bits per heavy atom. The van der Waals surface area contributed by atoms with Crippen molar-refractivity contribution in [1.82, 2.24) is 18.5 Å². The van der Waals surface area contributed by atoms with Gasteiger partial charge in [0.1, 0.15) is 3.70 Å². The van der Waals surface area contributed by atoms with Gasteiger partial charge in [0.25, 0.3) is 0 Å². The molecule has 7 heteroatoms. The molecule has 2 rings (SSSR count). The largest absolute Gasteiger partial charge is 0.294 e. The molecule has 0 unspecified atom stereocenters. The number of aromatic nitrogens is 4. The van der Waals surface area contributed by atoms with Crippen LogP contribution in [0, 0.1) is 3.70 Å². The van der Waals surface area contributed by atoms with Crippen LogP contribution in [0.2, 0.25) is 0 Å². The van der Waals surface area contributed by atoms with E-state index in [9.17, 15) is 4.79 Å². The number of nitrogens with zero attached hydrogens (tertiary/aromatic N) is 4. The van der Waals surface area contributed by atoms with E-state index in [-0.39, 0.29) is 12.2 Å². The number of ketones is 1. The first-order valence-corrected chi connectivity index (χ1v) is 5.96. The molecular weight excluding hydrogens is 327 g/mol. The fourth-order valence-corrected chi connectivity index (χ4v) is 2.13. The predicted molar refractivity (Wildman–Crippen MR) is 63.9 cm³/mol. The first-order chi connectivity index (χ1) is 7.18. The normalized spacial score (nSPS) is 10.5. The average molecular weight is 334 g/mol. The summed E-state index contributed by atoms with van der Waals surface area (Å²) in [6, 6.07) is 0. The topological polar surface area (TPSA) is 60.7 Å². The van der Waals surface area contributed by atoms with Crippen molar-refractivity contribution in [2.75, 3.05) is 0 Å². The third kappa shape index (κ3) is 2.23. The van der Waals surface area contributed by atoms with Gasteiger partial charge >= 0.3 is 0 Å². The lowest BCUT2D eigenvalue weighted by Gasteiger charge is -1.96. The van der Waals surface area contributed by atoms with Crippen LogP contribution in [0.1, 0.15) is 16.1 Å². The molecule has 0 atom stereocenters. The number of hydrogen-bond acceptors (Lipinski definition) is 5. The summed E-state index contributed by atoms with van der Waals surface area (Å²) in [5, 5.41) is 4.02. The molecule has 0 fully saturated rings. The second-order valence-corrected chi connectivity index (χ2v) is 4.55. The highest BCUT2D eigenvalue weighted by Crippen LogP contribution is 2.13. The lowest BCUT2D eigenvalue weighted by Crippen LogP contribution is -2.05. The summed E-state index contributed by atoms with van der Waals surface area (Å²) in [6.45, 7) is 0. The van der Waals surface area contributed by atoms with Crippen LogP contribution in [0.4, 0.5) is 0 Å². The SMILES string of the molecule is Cn1ncc(C(=O)Cc2cnsn2)c1I. The number of carbonyl (C=O) groups is 1. The van der Waals surface area contributed by atoms with E-state index < -0.39 is 0 Å². The van der Waals surface area contributed by atoms with Crippen LogP contribution < -0.4 is 0 Å². The maximum absolute atomic E-state index is 11.8. The standard InChI is InChI=1S/C8H7IN4OS/c1-13-8(9)6(4-10-13)7(14)2-5-3-11-15-12-5/h3-4H,2H2,1H3. The molecular formula is C8H7IN4OS. The molecule has 0 aromatic carbocycles. The van der Waals surface area contributed by atoms with Gasteiger partial charge in [-0.05, 0) is 22.6 Å². The summed E-state index contributed by atoms with van der Waals surface area (Å²) >= 11 is 3.21. The van der Waals surface area contributed by atoms with Gasteiger partial charge in [-0.1, -0.05) is 0 Å². The van der Waals surface area contributed by atoms with E-state index in [2.05, 4.69) is 36.4 Å². The molecule has 0 aliphatic heterocycles. The Labute approximate surface area is 104 Å². The van der Waals surface area contributed by atoms with E-state index in [1.807, 2.05) is 7.05 Å². The molecule has 2 heterocycles. The van der Waals surface area contributed by atoms with E-state index in [4.69, 9.17) is 0 Å². The van der Waals surface area contributed by atoms with Crippen molar-refractivity contribution in [3.63, 3.8) is 0 Å². The van der Waals surface area contributed by atoms with Crippen molar-refractivity contribution in [2.45, 2.75) is 6.42 Å². The van der Waals surface area contributed by atoms with Gasteiger partial charge in [0.05, 0.1) is 41.8 Å². The molecule has 2 aromatic heterocycles. The van der Waals surface area contributed by atoms with Crippen molar-refractivity contribution < 1.29 is 4.79 Å². The first-order valence-electron chi connectivity index (χ1n) is 4.15. The van der Waals surface area contributed by atoms with Crippen molar-refractivity contribution in [3.05, 3.63) is 27.4 Å². The van der Waals surface area contributed by atoms with E-state index >= 15 is 0 Å². The van der Waals surface area contributed by atoms with Crippen LogP contribution in [0.3, 0.4) is 0 Å². The number of hydrogen-bond donors (Lipinski definition) is 0. The van der Waals surface area contributed by atoms with E-state index in [1.54, 1.807) is 17.1 Å². The highest BCUT2D eigenvalue weighted by Gasteiger charge is 2.15. The van der Waals surface area contributed by atoms with E-state index in [0.29, 0.717) is 11.3 Å². The Morgan fingerprint density at radius 3 is 2.93 bits per heavy atom. The lowest BCUT2D eigenvalue weighted by atomic mass is 10.1. The predicted octanol–water partition coefficient (Wildman–Crippen LogP) is 1.30. The van der Waals surface area contributed by atoms with Crippen LogP contribution in [0.5, 0.6) is 0 Å². The van der Waals surface area contributed by atoms with Crippen LogP contribution in [0.25, 0.3) is 0 Å². The summed E-state index contributed by atoms with van der Waals surface area (Å²) in [6.07, 6.45) is 3.49. The zero-order chi connectivity index (χ0) is 10.8. The van der Waals surface area contributed by atoms with Crippen LogP contribution in [-0.4, -0.2) is 24.3 Å². The first kappa shape index (κ1) is 10.7. The second-order valence-electron chi connectivity index (χ2n) is 2.97. The molecule has 2 aromatic rings. The maximum Gasteiger partial charge on any atom is 0.173 e. The monoisotopic (exact) mass is 334 g/mol.